The molecule has 1 aromatic heterocycles. The highest BCUT2D eigenvalue weighted by molar-refractivity contribution is 6.04. The fraction of sp³-hybridized carbons (Fsp3) is 0.471. The van der Waals surface area contributed by atoms with Gasteiger partial charge < -0.3 is 15.2 Å². The van der Waals surface area contributed by atoms with Gasteiger partial charge in [0.2, 0.25) is 0 Å². The molecule has 3 N–H and O–H groups in total. The zero-order valence-corrected chi connectivity index (χ0v) is 13.1. The Morgan fingerprint density at radius 2 is 1.95 bits per heavy atom. The lowest BCUT2D eigenvalue weighted by Gasteiger charge is -2.20. The largest absolute Gasteiger partial charge is 0.478 e. The van der Waals surface area contributed by atoms with Gasteiger partial charge in [-0.25, -0.2) is 4.79 Å². The molecule has 0 saturated heterocycles. The minimum atomic E-state index is -0.916. The van der Waals surface area contributed by atoms with E-state index in [2.05, 4.69) is 31.8 Å². The zero-order chi connectivity index (χ0) is 15.8. The quantitative estimate of drug-likeness (QED) is 0.807. The predicted octanol–water partition coefficient (Wildman–Crippen LogP) is 3.40. The third kappa shape index (κ3) is 2.95. The fourth-order valence-corrected chi connectivity index (χ4v) is 2.66. The number of aromatic nitrogens is 1. The SMILES string of the molecule is Cc1[nH]c2c(C(=O)O)cc(C(C)(C)C)cc2c1CCCO. The first-order valence-corrected chi connectivity index (χ1v) is 7.25. The lowest BCUT2D eigenvalue weighted by Crippen LogP contribution is -2.12. The molecule has 0 bridgehead atoms. The monoisotopic (exact) mass is 289 g/mol. The first-order chi connectivity index (χ1) is 9.75. The van der Waals surface area contributed by atoms with Crippen molar-refractivity contribution < 1.29 is 15.0 Å². The van der Waals surface area contributed by atoms with E-state index in [4.69, 9.17) is 5.11 Å². The summed E-state index contributed by atoms with van der Waals surface area (Å²) in [6.45, 7) is 8.32. The lowest BCUT2D eigenvalue weighted by molar-refractivity contribution is 0.0698. The predicted molar refractivity (Wildman–Crippen MR) is 84.1 cm³/mol. The summed E-state index contributed by atoms with van der Waals surface area (Å²) in [5, 5.41) is 19.5. The summed E-state index contributed by atoms with van der Waals surface area (Å²) in [4.78, 5) is 14.8. The van der Waals surface area contributed by atoms with Crippen LogP contribution in [-0.4, -0.2) is 27.8 Å². The van der Waals surface area contributed by atoms with Gasteiger partial charge in [-0.15, -0.1) is 0 Å². The van der Waals surface area contributed by atoms with Gasteiger partial charge in [0.05, 0.1) is 11.1 Å². The van der Waals surface area contributed by atoms with Crippen LogP contribution in [0, 0.1) is 6.92 Å². The van der Waals surface area contributed by atoms with Crippen LogP contribution in [0.3, 0.4) is 0 Å². The number of benzene rings is 1. The van der Waals surface area contributed by atoms with Gasteiger partial charge in [-0.2, -0.15) is 0 Å². The highest BCUT2D eigenvalue weighted by Crippen LogP contribution is 2.32. The van der Waals surface area contributed by atoms with Crippen LogP contribution in [0.5, 0.6) is 0 Å². The van der Waals surface area contributed by atoms with Gasteiger partial charge in [-0.05, 0) is 48.4 Å². The number of aliphatic hydroxyl groups excluding tert-OH is 1. The van der Waals surface area contributed by atoms with E-state index < -0.39 is 5.97 Å². The number of aryl methyl sites for hydroxylation is 2. The summed E-state index contributed by atoms with van der Waals surface area (Å²) in [6.07, 6.45) is 1.42. The van der Waals surface area contributed by atoms with Crippen LogP contribution in [0.1, 0.15) is 54.4 Å². The van der Waals surface area contributed by atoms with E-state index >= 15 is 0 Å². The van der Waals surface area contributed by atoms with Gasteiger partial charge >= 0.3 is 5.97 Å². The first-order valence-electron chi connectivity index (χ1n) is 7.25. The van der Waals surface area contributed by atoms with Gasteiger partial charge in [0.15, 0.2) is 0 Å². The molecule has 0 fully saturated rings. The molecule has 0 atom stereocenters. The Hall–Kier alpha value is -1.81. The van der Waals surface area contributed by atoms with Crippen molar-refractivity contribution >= 4 is 16.9 Å². The number of nitrogens with one attached hydrogen (secondary N) is 1. The number of H-pyrrole nitrogens is 1. The van der Waals surface area contributed by atoms with Crippen LogP contribution in [0.4, 0.5) is 0 Å². The molecule has 2 rings (SSSR count). The number of aromatic carboxylic acids is 1. The number of aromatic amines is 1. The molecule has 1 aromatic carbocycles. The van der Waals surface area contributed by atoms with Gasteiger partial charge in [-0.3, -0.25) is 0 Å². The van der Waals surface area contributed by atoms with Gasteiger partial charge in [-0.1, -0.05) is 20.8 Å². The standard InChI is InChI=1S/C17H23NO3/c1-10-12(6-5-7-19)13-8-11(17(2,3)4)9-14(16(20)21)15(13)18-10/h8-9,18-19H,5-7H2,1-4H3,(H,20,21). The normalized spacial score (nSPS) is 12.0. The van der Waals surface area contributed by atoms with Crippen LogP contribution in [-0.2, 0) is 11.8 Å². The second-order valence-corrected chi connectivity index (χ2v) is 6.56. The van der Waals surface area contributed by atoms with Crippen molar-refractivity contribution in [3.8, 4) is 0 Å². The molecule has 0 spiro atoms. The molecular weight excluding hydrogens is 266 g/mol. The Bertz CT molecular complexity index is 677. The number of aliphatic hydroxyl groups is 1. The molecule has 0 amide bonds. The minimum Gasteiger partial charge on any atom is -0.478 e. The molecule has 1 heterocycles. The van der Waals surface area contributed by atoms with Crippen molar-refractivity contribution in [2.24, 2.45) is 0 Å². The van der Waals surface area contributed by atoms with Crippen molar-refractivity contribution in [2.45, 2.75) is 46.0 Å². The number of hydrogen-bond donors (Lipinski definition) is 3. The molecule has 4 heteroatoms. The van der Waals surface area contributed by atoms with Crippen LogP contribution in [0.2, 0.25) is 0 Å². The Morgan fingerprint density at radius 1 is 1.29 bits per heavy atom. The molecule has 114 valence electrons. The lowest BCUT2D eigenvalue weighted by atomic mass is 9.84. The van der Waals surface area contributed by atoms with Crippen LogP contribution >= 0.6 is 0 Å². The average Bonchev–Trinajstić information content (AvgIpc) is 2.69. The molecule has 0 aliphatic heterocycles. The van der Waals surface area contributed by atoms with E-state index in [1.54, 1.807) is 6.07 Å². The van der Waals surface area contributed by atoms with Gasteiger partial charge in [0.25, 0.3) is 0 Å². The molecule has 0 aliphatic rings. The summed E-state index contributed by atoms with van der Waals surface area (Å²) in [5.41, 5.74) is 3.98. The Morgan fingerprint density at radius 3 is 2.48 bits per heavy atom. The second kappa shape index (κ2) is 5.53. The molecule has 4 nitrogen and oxygen atoms in total. The van der Waals surface area contributed by atoms with Crippen LogP contribution in [0.15, 0.2) is 12.1 Å². The highest BCUT2D eigenvalue weighted by Gasteiger charge is 2.21. The number of carboxylic acids is 1. The summed E-state index contributed by atoms with van der Waals surface area (Å²) >= 11 is 0. The third-order valence-corrected chi connectivity index (χ3v) is 3.91. The van der Waals surface area contributed by atoms with Crippen molar-refractivity contribution in [3.63, 3.8) is 0 Å². The van der Waals surface area contributed by atoms with Crippen molar-refractivity contribution in [3.05, 3.63) is 34.5 Å². The summed E-state index contributed by atoms with van der Waals surface area (Å²) in [6, 6.07) is 3.84. The number of carboxylic acid groups (broad SMARTS) is 1. The number of hydrogen-bond acceptors (Lipinski definition) is 2. The Kier molecular flexibility index (Phi) is 4.10. The smallest absolute Gasteiger partial charge is 0.337 e. The van der Waals surface area contributed by atoms with E-state index in [1.807, 2.05) is 6.92 Å². The van der Waals surface area contributed by atoms with Gasteiger partial charge in [0, 0.05) is 17.7 Å². The van der Waals surface area contributed by atoms with E-state index in [9.17, 15) is 9.90 Å². The van der Waals surface area contributed by atoms with E-state index in [1.165, 1.54) is 0 Å². The molecule has 0 saturated carbocycles. The highest BCUT2D eigenvalue weighted by atomic mass is 16.4. The number of rotatable bonds is 4. The second-order valence-electron chi connectivity index (χ2n) is 6.56. The van der Waals surface area contributed by atoms with E-state index in [0.717, 1.165) is 28.6 Å². The molecule has 0 aliphatic carbocycles. The number of fused-ring (bicyclic) bond motifs is 1. The number of carbonyl (C=O) groups is 1. The first kappa shape index (κ1) is 15.6. The fourth-order valence-electron chi connectivity index (χ4n) is 2.66. The summed E-state index contributed by atoms with van der Waals surface area (Å²) in [7, 11) is 0. The summed E-state index contributed by atoms with van der Waals surface area (Å²) in [5.74, 6) is -0.916. The molecule has 21 heavy (non-hydrogen) atoms. The maximum atomic E-state index is 11.6. The topological polar surface area (TPSA) is 73.3 Å². The maximum absolute atomic E-state index is 11.6. The molecule has 0 unspecified atom stereocenters. The van der Waals surface area contributed by atoms with Gasteiger partial charge in [0.1, 0.15) is 0 Å². The third-order valence-electron chi connectivity index (χ3n) is 3.91. The average molecular weight is 289 g/mol. The maximum Gasteiger partial charge on any atom is 0.337 e. The minimum absolute atomic E-state index is 0.113. The van der Waals surface area contributed by atoms with Crippen molar-refractivity contribution in [2.75, 3.05) is 6.61 Å². The molecule has 2 aromatic rings. The molecule has 0 radical (unpaired) electrons. The van der Waals surface area contributed by atoms with Crippen LogP contribution in [0.25, 0.3) is 10.9 Å². The Labute approximate surface area is 124 Å². The van der Waals surface area contributed by atoms with Crippen molar-refractivity contribution in [1.29, 1.82) is 0 Å². The van der Waals surface area contributed by atoms with Crippen LogP contribution < -0.4 is 0 Å². The molecular formula is C17H23NO3. The zero-order valence-electron chi connectivity index (χ0n) is 13.1. The van der Waals surface area contributed by atoms with E-state index in [-0.39, 0.29) is 12.0 Å². The Balaban J connectivity index is 2.74. The van der Waals surface area contributed by atoms with Crippen molar-refractivity contribution in [1.82, 2.24) is 4.98 Å². The summed E-state index contributed by atoms with van der Waals surface area (Å²) < 4.78 is 0. The van der Waals surface area contributed by atoms with E-state index in [0.29, 0.717) is 17.5 Å².